The van der Waals surface area contributed by atoms with E-state index in [2.05, 4.69) is 17.6 Å². The Bertz CT molecular complexity index is 786. The molecule has 3 rings (SSSR count). The SMILES string of the molecule is CCOC(=O)c1cc(-c2ccccc2)sc1NC(=S)N[C@H](C)[C@@H]1CCCO1. The van der Waals surface area contributed by atoms with Crippen LogP contribution in [0, 0.1) is 0 Å². The minimum atomic E-state index is -0.353. The molecular weight excluding hydrogens is 380 g/mol. The topological polar surface area (TPSA) is 59.6 Å². The summed E-state index contributed by atoms with van der Waals surface area (Å²) in [5, 5.41) is 7.61. The summed E-state index contributed by atoms with van der Waals surface area (Å²) in [5.41, 5.74) is 1.54. The van der Waals surface area contributed by atoms with Gasteiger partial charge in [-0.15, -0.1) is 11.3 Å². The molecule has 1 saturated heterocycles. The first-order valence-electron chi connectivity index (χ1n) is 9.14. The van der Waals surface area contributed by atoms with Gasteiger partial charge in [0.05, 0.1) is 24.3 Å². The molecule has 0 spiro atoms. The van der Waals surface area contributed by atoms with Crippen LogP contribution in [0.4, 0.5) is 5.00 Å². The number of thiocarbonyl (C=S) groups is 1. The molecule has 1 aliphatic rings. The molecule has 27 heavy (non-hydrogen) atoms. The molecule has 7 heteroatoms. The highest BCUT2D eigenvalue weighted by Gasteiger charge is 2.24. The quantitative estimate of drug-likeness (QED) is 0.548. The highest BCUT2D eigenvalue weighted by Crippen LogP contribution is 2.36. The molecular formula is C20H24N2O3S2. The molecule has 1 fully saturated rings. The number of carbonyl (C=O) groups is 1. The number of esters is 1. The predicted octanol–water partition coefficient (Wildman–Crippen LogP) is 4.45. The molecule has 2 N–H and O–H groups in total. The zero-order valence-electron chi connectivity index (χ0n) is 15.5. The highest BCUT2D eigenvalue weighted by molar-refractivity contribution is 7.80. The van der Waals surface area contributed by atoms with Crippen LogP contribution in [-0.4, -0.2) is 36.4 Å². The third kappa shape index (κ3) is 5.06. The lowest BCUT2D eigenvalue weighted by Crippen LogP contribution is -2.42. The van der Waals surface area contributed by atoms with Crippen molar-refractivity contribution < 1.29 is 14.3 Å². The number of nitrogens with one attached hydrogen (secondary N) is 2. The van der Waals surface area contributed by atoms with Gasteiger partial charge >= 0.3 is 5.97 Å². The Morgan fingerprint density at radius 1 is 1.41 bits per heavy atom. The number of thiophene rings is 1. The van der Waals surface area contributed by atoms with Crippen molar-refractivity contribution in [3.63, 3.8) is 0 Å². The van der Waals surface area contributed by atoms with Crippen molar-refractivity contribution in [1.29, 1.82) is 0 Å². The summed E-state index contributed by atoms with van der Waals surface area (Å²) < 4.78 is 10.9. The molecule has 0 aliphatic carbocycles. The summed E-state index contributed by atoms with van der Waals surface area (Å²) in [6.45, 7) is 4.98. The number of ether oxygens (including phenoxy) is 2. The van der Waals surface area contributed by atoms with Gasteiger partial charge in [0.15, 0.2) is 5.11 Å². The van der Waals surface area contributed by atoms with Gasteiger partial charge in [-0.1, -0.05) is 30.3 Å². The lowest BCUT2D eigenvalue weighted by Gasteiger charge is -2.21. The minimum Gasteiger partial charge on any atom is -0.462 e. The zero-order valence-corrected chi connectivity index (χ0v) is 17.1. The highest BCUT2D eigenvalue weighted by atomic mass is 32.1. The average Bonchev–Trinajstić information content (AvgIpc) is 3.33. The molecule has 5 nitrogen and oxygen atoms in total. The number of hydrogen-bond donors (Lipinski definition) is 2. The first-order valence-corrected chi connectivity index (χ1v) is 10.4. The number of benzene rings is 1. The van der Waals surface area contributed by atoms with Crippen molar-refractivity contribution in [1.82, 2.24) is 5.32 Å². The maximum atomic E-state index is 12.4. The molecule has 1 aromatic heterocycles. The number of anilines is 1. The van der Waals surface area contributed by atoms with Crippen LogP contribution >= 0.6 is 23.6 Å². The second kappa shape index (κ2) is 9.30. The van der Waals surface area contributed by atoms with Crippen molar-refractivity contribution in [3.8, 4) is 10.4 Å². The summed E-state index contributed by atoms with van der Waals surface area (Å²) in [5.74, 6) is -0.353. The van der Waals surface area contributed by atoms with Gasteiger partial charge in [0, 0.05) is 11.5 Å². The lowest BCUT2D eigenvalue weighted by molar-refractivity contribution is 0.0528. The van der Waals surface area contributed by atoms with E-state index < -0.39 is 0 Å². The van der Waals surface area contributed by atoms with E-state index in [9.17, 15) is 4.79 Å². The summed E-state index contributed by atoms with van der Waals surface area (Å²) >= 11 is 6.95. The molecule has 1 aromatic carbocycles. The number of rotatable bonds is 6. The van der Waals surface area contributed by atoms with E-state index >= 15 is 0 Å². The molecule has 0 amide bonds. The van der Waals surface area contributed by atoms with E-state index in [0.29, 0.717) is 22.3 Å². The van der Waals surface area contributed by atoms with Gasteiger partial charge < -0.3 is 20.1 Å². The molecule has 0 saturated carbocycles. The smallest absolute Gasteiger partial charge is 0.341 e. The fourth-order valence-corrected chi connectivity index (χ4v) is 4.43. The van der Waals surface area contributed by atoms with Crippen LogP contribution in [-0.2, 0) is 9.47 Å². The average molecular weight is 405 g/mol. The molecule has 0 unspecified atom stereocenters. The second-order valence-electron chi connectivity index (χ2n) is 6.38. The first-order chi connectivity index (χ1) is 13.1. The van der Waals surface area contributed by atoms with Gasteiger partial charge in [-0.25, -0.2) is 4.79 Å². The Balaban J connectivity index is 1.76. The maximum absolute atomic E-state index is 12.4. The van der Waals surface area contributed by atoms with Crippen LogP contribution in [0.15, 0.2) is 36.4 Å². The van der Waals surface area contributed by atoms with Crippen LogP contribution in [0.2, 0.25) is 0 Å². The van der Waals surface area contributed by atoms with Gasteiger partial charge in [0.25, 0.3) is 0 Å². The number of hydrogen-bond acceptors (Lipinski definition) is 5. The summed E-state index contributed by atoms with van der Waals surface area (Å²) in [6.07, 6.45) is 2.27. The lowest BCUT2D eigenvalue weighted by atomic mass is 10.1. The van der Waals surface area contributed by atoms with E-state index in [1.165, 1.54) is 11.3 Å². The second-order valence-corrected chi connectivity index (χ2v) is 7.84. The molecule has 2 atom stereocenters. The molecule has 2 heterocycles. The van der Waals surface area contributed by atoms with Crippen LogP contribution in [0.25, 0.3) is 10.4 Å². The van der Waals surface area contributed by atoms with Crippen molar-refractivity contribution >= 4 is 39.6 Å². The monoisotopic (exact) mass is 404 g/mol. The summed E-state index contributed by atoms with van der Waals surface area (Å²) in [6, 6.07) is 11.9. The number of carbonyl (C=O) groups excluding carboxylic acids is 1. The van der Waals surface area contributed by atoms with Crippen molar-refractivity contribution in [2.24, 2.45) is 0 Å². The van der Waals surface area contributed by atoms with Gasteiger partial charge in [-0.2, -0.15) is 0 Å². The maximum Gasteiger partial charge on any atom is 0.341 e. The molecule has 0 radical (unpaired) electrons. The Labute approximate surface area is 169 Å². The normalized spacial score (nSPS) is 17.3. The van der Waals surface area contributed by atoms with E-state index in [4.69, 9.17) is 21.7 Å². The zero-order chi connectivity index (χ0) is 19.2. The standard InChI is InChI=1S/C20H24N2O3S2/c1-3-24-19(23)15-12-17(14-8-5-4-6-9-14)27-18(15)22-20(26)21-13(2)16-10-7-11-25-16/h4-6,8-9,12-13,16H,3,7,10-11H2,1-2H3,(H2,21,22,26)/t13-,16+/m1/s1. The fraction of sp³-hybridized carbons (Fsp3) is 0.400. The fourth-order valence-electron chi connectivity index (χ4n) is 3.02. The van der Waals surface area contributed by atoms with Gasteiger partial charge in [-0.05, 0) is 50.5 Å². The van der Waals surface area contributed by atoms with E-state index in [1.807, 2.05) is 36.4 Å². The van der Waals surface area contributed by atoms with Crippen LogP contribution in [0.5, 0.6) is 0 Å². The molecule has 144 valence electrons. The first kappa shape index (κ1) is 19.8. The van der Waals surface area contributed by atoms with Gasteiger partial charge in [0.1, 0.15) is 5.00 Å². The molecule has 2 aromatic rings. The molecule has 1 aliphatic heterocycles. The molecule has 0 bridgehead atoms. The third-order valence-electron chi connectivity index (χ3n) is 4.39. The van der Waals surface area contributed by atoms with Crippen LogP contribution in [0.3, 0.4) is 0 Å². The van der Waals surface area contributed by atoms with E-state index in [1.54, 1.807) is 6.92 Å². The summed E-state index contributed by atoms with van der Waals surface area (Å²) in [4.78, 5) is 13.4. The van der Waals surface area contributed by atoms with Crippen LogP contribution in [0.1, 0.15) is 37.0 Å². The Morgan fingerprint density at radius 2 is 2.19 bits per heavy atom. The predicted molar refractivity (Wildman–Crippen MR) is 114 cm³/mol. The minimum absolute atomic E-state index is 0.104. The largest absolute Gasteiger partial charge is 0.462 e. The van der Waals surface area contributed by atoms with Crippen molar-refractivity contribution in [2.45, 2.75) is 38.8 Å². The van der Waals surface area contributed by atoms with E-state index in [0.717, 1.165) is 29.9 Å². The Kier molecular flexibility index (Phi) is 6.82. The van der Waals surface area contributed by atoms with E-state index in [-0.39, 0.29) is 18.1 Å². The van der Waals surface area contributed by atoms with Gasteiger partial charge in [-0.3, -0.25) is 0 Å². The van der Waals surface area contributed by atoms with Gasteiger partial charge in [0.2, 0.25) is 0 Å². The van der Waals surface area contributed by atoms with Crippen LogP contribution < -0.4 is 10.6 Å². The van der Waals surface area contributed by atoms with Crippen molar-refractivity contribution in [3.05, 3.63) is 42.0 Å². The Hall–Kier alpha value is -1.96. The Morgan fingerprint density at radius 3 is 2.85 bits per heavy atom. The summed E-state index contributed by atoms with van der Waals surface area (Å²) in [7, 11) is 0. The third-order valence-corrected chi connectivity index (χ3v) is 5.71. The van der Waals surface area contributed by atoms with Crippen molar-refractivity contribution in [2.75, 3.05) is 18.5 Å².